The maximum absolute atomic E-state index is 11.6. The van der Waals surface area contributed by atoms with Crippen LogP contribution in [0.25, 0.3) is 0 Å². The van der Waals surface area contributed by atoms with Gasteiger partial charge in [0.15, 0.2) is 6.61 Å². The molecule has 2 N–H and O–H groups in total. The Morgan fingerprint density at radius 2 is 2.14 bits per heavy atom. The number of amides is 1. The Morgan fingerprint density at radius 3 is 2.73 bits per heavy atom. The molecule has 122 valence electrons. The number of nitro groups is 1. The van der Waals surface area contributed by atoms with Crippen LogP contribution in [0.2, 0.25) is 0 Å². The third-order valence-corrected chi connectivity index (χ3v) is 3.45. The van der Waals surface area contributed by atoms with Crippen molar-refractivity contribution in [2.45, 2.75) is 12.8 Å². The van der Waals surface area contributed by atoms with E-state index >= 15 is 0 Å². The van der Waals surface area contributed by atoms with Gasteiger partial charge in [-0.3, -0.25) is 14.9 Å². The number of non-ortho nitro benzene ring substituents is 1. The van der Waals surface area contributed by atoms with E-state index in [4.69, 9.17) is 4.74 Å². The van der Waals surface area contributed by atoms with Crippen molar-refractivity contribution in [2.24, 2.45) is 5.92 Å². The highest BCUT2D eigenvalue weighted by Gasteiger charge is 2.14. The molecule has 7 nitrogen and oxygen atoms in total. The topological polar surface area (TPSA) is 93.5 Å². The van der Waals surface area contributed by atoms with Crippen molar-refractivity contribution in [3.05, 3.63) is 34.4 Å². The average Bonchev–Trinajstić information content (AvgIpc) is 2.99. The van der Waals surface area contributed by atoms with E-state index in [2.05, 4.69) is 10.6 Å². The summed E-state index contributed by atoms with van der Waals surface area (Å²) in [5.41, 5.74) is -0.00280. The van der Waals surface area contributed by atoms with Crippen molar-refractivity contribution < 1.29 is 14.5 Å². The molecule has 1 saturated heterocycles. The molecule has 1 aliphatic heterocycles. The molecule has 0 radical (unpaired) electrons. The lowest BCUT2D eigenvalue weighted by Crippen LogP contribution is -2.30. The minimum absolute atomic E-state index is 0. The molecule has 1 amide bonds. The van der Waals surface area contributed by atoms with Crippen molar-refractivity contribution in [1.29, 1.82) is 0 Å². The number of carbonyl (C=O) groups is 1. The second-order valence-corrected chi connectivity index (χ2v) is 5.04. The molecule has 0 aliphatic carbocycles. The van der Waals surface area contributed by atoms with Gasteiger partial charge in [0.1, 0.15) is 5.75 Å². The van der Waals surface area contributed by atoms with Crippen LogP contribution in [0.4, 0.5) is 5.69 Å². The summed E-state index contributed by atoms with van der Waals surface area (Å²) >= 11 is 0. The first kappa shape index (κ1) is 18.2. The summed E-state index contributed by atoms with van der Waals surface area (Å²) in [6.07, 6.45) is 2.13. The lowest BCUT2D eigenvalue weighted by Gasteiger charge is -2.10. The average molecular weight is 330 g/mol. The molecule has 0 bridgehead atoms. The van der Waals surface area contributed by atoms with E-state index in [1.54, 1.807) is 0 Å². The molecule has 1 aromatic carbocycles. The third kappa shape index (κ3) is 5.87. The molecule has 22 heavy (non-hydrogen) atoms. The first-order chi connectivity index (χ1) is 10.1. The summed E-state index contributed by atoms with van der Waals surface area (Å²) in [4.78, 5) is 21.6. The smallest absolute Gasteiger partial charge is 0.269 e. The summed E-state index contributed by atoms with van der Waals surface area (Å²) in [5, 5.41) is 16.6. The lowest BCUT2D eigenvalue weighted by atomic mass is 10.1. The van der Waals surface area contributed by atoms with Crippen LogP contribution in [-0.2, 0) is 4.79 Å². The fraction of sp³-hybridized carbons (Fsp3) is 0.500. The highest BCUT2D eigenvalue weighted by molar-refractivity contribution is 5.85. The molecule has 8 heteroatoms. The van der Waals surface area contributed by atoms with Crippen molar-refractivity contribution in [2.75, 3.05) is 26.2 Å². The monoisotopic (exact) mass is 329 g/mol. The summed E-state index contributed by atoms with van der Waals surface area (Å²) in [5.74, 6) is 0.899. The molecule has 0 saturated carbocycles. The van der Waals surface area contributed by atoms with Gasteiger partial charge in [-0.2, -0.15) is 0 Å². The SMILES string of the molecule is Cl.O=C(COc1ccc([N+](=O)[O-])cc1)NCCC1CCNC1. The quantitative estimate of drug-likeness (QED) is 0.584. The zero-order valence-electron chi connectivity index (χ0n) is 12.1. The van der Waals surface area contributed by atoms with Crippen molar-refractivity contribution in [1.82, 2.24) is 10.6 Å². The number of halogens is 1. The fourth-order valence-electron chi connectivity index (χ4n) is 2.24. The molecular formula is C14H20ClN3O4. The van der Waals surface area contributed by atoms with Crippen LogP contribution < -0.4 is 15.4 Å². The van der Waals surface area contributed by atoms with Crippen molar-refractivity contribution in [3.8, 4) is 5.75 Å². The molecule has 1 fully saturated rings. The minimum atomic E-state index is -0.478. The van der Waals surface area contributed by atoms with E-state index in [-0.39, 0.29) is 30.6 Å². The van der Waals surface area contributed by atoms with Crippen LogP contribution in [0.3, 0.4) is 0 Å². The molecule has 0 aromatic heterocycles. The van der Waals surface area contributed by atoms with Crippen LogP contribution in [0.5, 0.6) is 5.75 Å². The number of carbonyl (C=O) groups excluding carboxylic acids is 1. The first-order valence-corrected chi connectivity index (χ1v) is 7.00. The Kier molecular flexibility index (Phi) is 7.62. The van der Waals surface area contributed by atoms with Gasteiger partial charge in [0, 0.05) is 18.7 Å². The molecule has 2 rings (SSSR count). The Bertz CT molecular complexity index is 489. The maximum atomic E-state index is 11.6. The number of rotatable bonds is 7. The third-order valence-electron chi connectivity index (χ3n) is 3.45. The van der Waals surface area contributed by atoms with Crippen LogP contribution in [0, 0.1) is 16.0 Å². The van der Waals surface area contributed by atoms with Gasteiger partial charge in [0.25, 0.3) is 11.6 Å². The number of hydrogen-bond donors (Lipinski definition) is 2. The van der Waals surface area contributed by atoms with E-state index < -0.39 is 4.92 Å². The first-order valence-electron chi connectivity index (χ1n) is 7.00. The number of nitro benzene ring substituents is 1. The van der Waals surface area contributed by atoms with Gasteiger partial charge in [-0.15, -0.1) is 12.4 Å². The maximum Gasteiger partial charge on any atom is 0.269 e. The molecule has 1 aromatic rings. The predicted octanol–water partition coefficient (Wildman–Crippen LogP) is 1.51. The van der Waals surface area contributed by atoms with E-state index in [0.717, 1.165) is 25.9 Å². The minimum Gasteiger partial charge on any atom is -0.484 e. The Balaban J connectivity index is 0.00000242. The zero-order chi connectivity index (χ0) is 15.1. The Hall–Kier alpha value is -1.86. The van der Waals surface area contributed by atoms with E-state index in [0.29, 0.717) is 18.2 Å². The van der Waals surface area contributed by atoms with Gasteiger partial charge in [-0.25, -0.2) is 0 Å². The predicted molar refractivity (Wildman–Crippen MR) is 84.4 cm³/mol. The Labute approximate surface area is 135 Å². The van der Waals surface area contributed by atoms with Gasteiger partial charge in [0.05, 0.1) is 4.92 Å². The molecule has 1 aliphatic rings. The molecular weight excluding hydrogens is 310 g/mol. The van der Waals surface area contributed by atoms with Crippen LogP contribution in [-0.4, -0.2) is 37.1 Å². The van der Waals surface area contributed by atoms with Crippen molar-refractivity contribution >= 4 is 24.0 Å². The second-order valence-electron chi connectivity index (χ2n) is 5.04. The van der Waals surface area contributed by atoms with Gasteiger partial charge < -0.3 is 15.4 Å². The zero-order valence-corrected chi connectivity index (χ0v) is 12.9. The van der Waals surface area contributed by atoms with Crippen LogP contribution >= 0.6 is 12.4 Å². The highest BCUT2D eigenvalue weighted by Crippen LogP contribution is 2.17. The highest BCUT2D eigenvalue weighted by atomic mass is 35.5. The number of ether oxygens (including phenoxy) is 1. The van der Waals surface area contributed by atoms with Crippen LogP contribution in [0.15, 0.2) is 24.3 Å². The summed E-state index contributed by atoms with van der Waals surface area (Å²) in [6, 6.07) is 5.66. The summed E-state index contributed by atoms with van der Waals surface area (Å²) < 4.78 is 5.28. The van der Waals surface area contributed by atoms with Gasteiger partial charge in [-0.05, 0) is 44.0 Å². The second kappa shape index (κ2) is 9.22. The van der Waals surface area contributed by atoms with E-state index in [1.807, 2.05) is 0 Å². The lowest BCUT2D eigenvalue weighted by molar-refractivity contribution is -0.384. The number of nitrogens with one attached hydrogen (secondary N) is 2. The van der Waals surface area contributed by atoms with E-state index in [1.165, 1.54) is 24.3 Å². The molecule has 1 atom stereocenters. The molecule has 0 spiro atoms. The number of hydrogen-bond acceptors (Lipinski definition) is 5. The van der Waals surface area contributed by atoms with Crippen molar-refractivity contribution in [3.63, 3.8) is 0 Å². The summed E-state index contributed by atoms with van der Waals surface area (Å²) in [7, 11) is 0. The largest absolute Gasteiger partial charge is 0.484 e. The number of benzene rings is 1. The molecule has 1 heterocycles. The van der Waals surface area contributed by atoms with E-state index in [9.17, 15) is 14.9 Å². The van der Waals surface area contributed by atoms with Gasteiger partial charge in [0.2, 0.25) is 0 Å². The fourth-order valence-corrected chi connectivity index (χ4v) is 2.24. The number of nitrogens with zero attached hydrogens (tertiary/aromatic N) is 1. The Morgan fingerprint density at radius 1 is 1.41 bits per heavy atom. The van der Waals surface area contributed by atoms with Gasteiger partial charge in [-0.1, -0.05) is 0 Å². The van der Waals surface area contributed by atoms with Crippen LogP contribution in [0.1, 0.15) is 12.8 Å². The summed E-state index contributed by atoms with van der Waals surface area (Å²) in [6.45, 7) is 2.65. The normalized spacial score (nSPS) is 16.6. The standard InChI is InChI=1S/C14H19N3O4.ClH/c18-14(16-8-6-11-5-7-15-9-11)10-21-13-3-1-12(2-4-13)17(19)20;/h1-4,11,15H,5-10H2,(H,16,18);1H. The molecule has 1 unspecified atom stereocenters. The van der Waals surface area contributed by atoms with Gasteiger partial charge >= 0.3 is 0 Å².